The Balaban J connectivity index is 2.03. The van der Waals surface area contributed by atoms with Crippen molar-refractivity contribution in [3.05, 3.63) is 52.3 Å². The zero-order chi connectivity index (χ0) is 13.7. The Bertz CT molecular complexity index is 565. The first-order chi connectivity index (χ1) is 9.20. The van der Waals surface area contributed by atoms with Crippen LogP contribution >= 0.6 is 0 Å². The number of aromatic nitrogens is 2. The van der Waals surface area contributed by atoms with Crippen LogP contribution in [-0.4, -0.2) is 14.7 Å². The van der Waals surface area contributed by atoms with E-state index in [0.29, 0.717) is 12.2 Å². The number of nitro benzene ring substituents is 1. The van der Waals surface area contributed by atoms with Gasteiger partial charge in [0.1, 0.15) is 5.69 Å². The first-order valence-electron chi connectivity index (χ1n) is 6.19. The number of hydrogen-bond acceptors (Lipinski definition) is 4. The van der Waals surface area contributed by atoms with Crippen LogP contribution in [0.2, 0.25) is 0 Å². The van der Waals surface area contributed by atoms with Crippen LogP contribution < -0.4 is 5.32 Å². The number of nitrogens with one attached hydrogen (secondary N) is 1. The second kappa shape index (κ2) is 5.99. The van der Waals surface area contributed by atoms with E-state index < -0.39 is 0 Å². The molecule has 0 radical (unpaired) electrons. The molecule has 0 amide bonds. The van der Waals surface area contributed by atoms with Crippen molar-refractivity contribution in [2.75, 3.05) is 5.32 Å². The molecular weight excluding hydrogens is 244 g/mol. The lowest BCUT2D eigenvalue weighted by molar-refractivity contribution is -0.384. The van der Waals surface area contributed by atoms with Crippen molar-refractivity contribution in [3.63, 3.8) is 0 Å². The summed E-state index contributed by atoms with van der Waals surface area (Å²) in [6, 6.07) is 6.62. The van der Waals surface area contributed by atoms with Crippen LogP contribution in [0.5, 0.6) is 0 Å². The van der Waals surface area contributed by atoms with Gasteiger partial charge in [-0.15, -0.1) is 0 Å². The third-order valence-corrected chi connectivity index (χ3v) is 2.72. The number of benzene rings is 1. The van der Waals surface area contributed by atoms with Crippen molar-refractivity contribution in [3.8, 4) is 0 Å². The summed E-state index contributed by atoms with van der Waals surface area (Å²) in [4.78, 5) is 10.5. The predicted molar refractivity (Wildman–Crippen MR) is 72.9 cm³/mol. The number of nitro groups is 1. The van der Waals surface area contributed by atoms with Gasteiger partial charge in [-0.25, -0.2) is 0 Å². The number of aryl methyl sites for hydroxylation is 1. The Kier molecular flexibility index (Phi) is 4.12. The Morgan fingerprint density at radius 2 is 2.21 bits per heavy atom. The summed E-state index contributed by atoms with van der Waals surface area (Å²) in [7, 11) is 0. The van der Waals surface area contributed by atoms with Gasteiger partial charge in [-0.2, -0.15) is 5.10 Å². The van der Waals surface area contributed by atoms with Gasteiger partial charge in [-0.1, -0.05) is 19.1 Å². The zero-order valence-corrected chi connectivity index (χ0v) is 10.7. The number of rotatable bonds is 6. The standard InChI is InChI=1S/C13H16N4O2/c1-2-7-16-10-11(9-15-16)8-14-12-5-3-4-6-13(12)17(18)19/h3-6,9-10,14H,2,7-8H2,1H3. The van der Waals surface area contributed by atoms with Gasteiger partial charge in [0.2, 0.25) is 0 Å². The summed E-state index contributed by atoms with van der Waals surface area (Å²) in [6.07, 6.45) is 4.75. The third kappa shape index (κ3) is 3.31. The summed E-state index contributed by atoms with van der Waals surface area (Å²) in [5.74, 6) is 0. The topological polar surface area (TPSA) is 73.0 Å². The van der Waals surface area contributed by atoms with E-state index in [-0.39, 0.29) is 10.6 Å². The van der Waals surface area contributed by atoms with Crippen LogP contribution in [0.1, 0.15) is 18.9 Å². The lowest BCUT2D eigenvalue weighted by Crippen LogP contribution is -2.02. The summed E-state index contributed by atoms with van der Waals surface area (Å²) in [5.41, 5.74) is 1.62. The molecule has 0 saturated carbocycles. The van der Waals surface area contributed by atoms with Crippen LogP contribution in [0, 0.1) is 10.1 Å². The molecule has 0 aliphatic heterocycles. The van der Waals surface area contributed by atoms with Crippen molar-refractivity contribution < 1.29 is 4.92 Å². The lowest BCUT2D eigenvalue weighted by Gasteiger charge is -2.05. The molecule has 0 atom stereocenters. The summed E-state index contributed by atoms with van der Waals surface area (Å²) >= 11 is 0. The van der Waals surface area contributed by atoms with Crippen molar-refractivity contribution >= 4 is 11.4 Å². The van der Waals surface area contributed by atoms with Crippen LogP contribution in [0.3, 0.4) is 0 Å². The fourth-order valence-corrected chi connectivity index (χ4v) is 1.83. The van der Waals surface area contributed by atoms with Gasteiger partial charge in [0.25, 0.3) is 5.69 Å². The fourth-order valence-electron chi connectivity index (χ4n) is 1.83. The smallest absolute Gasteiger partial charge is 0.292 e. The molecule has 0 fully saturated rings. The minimum Gasteiger partial charge on any atom is -0.375 e. The molecular formula is C13H16N4O2. The highest BCUT2D eigenvalue weighted by atomic mass is 16.6. The van der Waals surface area contributed by atoms with E-state index in [1.807, 2.05) is 10.9 Å². The molecule has 0 aliphatic carbocycles. The van der Waals surface area contributed by atoms with Gasteiger partial charge >= 0.3 is 0 Å². The predicted octanol–water partition coefficient (Wildman–Crippen LogP) is 2.81. The van der Waals surface area contributed by atoms with Crippen LogP contribution in [0.15, 0.2) is 36.7 Å². The van der Waals surface area contributed by atoms with Gasteiger partial charge in [0.05, 0.1) is 11.1 Å². The molecule has 6 heteroatoms. The second-order valence-corrected chi connectivity index (χ2v) is 4.24. The van der Waals surface area contributed by atoms with Gasteiger partial charge in [0.15, 0.2) is 0 Å². The highest BCUT2D eigenvalue weighted by Crippen LogP contribution is 2.23. The van der Waals surface area contributed by atoms with Crippen molar-refractivity contribution in [1.82, 2.24) is 9.78 Å². The van der Waals surface area contributed by atoms with Crippen molar-refractivity contribution in [2.45, 2.75) is 26.4 Å². The molecule has 100 valence electrons. The maximum atomic E-state index is 10.9. The normalized spacial score (nSPS) is 10.4. The summed E-state index contributed by atoms with van der Waals surface area (Å²) < 4.78 is 1.87. The number of para-hydroxylation sites is 2. The Hall–Kier alpha value is -2.37. The first-order valence-corrected chi connectivity index (χ1v) is 6.19. The molecule has 2 aromatic rings. The summed E-state index contributed by atoms with van der Waals surface area (Å²) in [5, 5.41) is 18.2. The molecule has 1 aromatic carbocycles. The Morgan fingerprint density at radius 1 is 1.42 bits per heavy atom. The van der Waals surface area contributed by atoms with E-state index in [0.717, 1.165) is 18.5 Å². The van der Waals surface area contributed by atoms with Crippen LogP contribution in [0.4, 0.5) is 11.4 Å². The van der Waals surface area contributed by atoms with E-state index in [1.54, 1.807) is 24.4 Å². The van der Waals surface area contributed by atoms with E-state index >= 15 is 0 Å². The van der Waals surface area contributed by atoms with E-state index in [9.17, 15) is 10.1 Å². The minimum atomic E-state index is -0.386. The maximum absolute atomic E-state index is 10.9. The van der Waals surface area contributed by atoms with Crippen LogP contribution in [-0.2, 0) is 13.1 Å². The minimum absolute atomic E-state index is 0.0865. The lowest BCUT2D eigenvalue weighted by atomic mass is 10.2. The first kappa shape index (κ1) is 13.1. The SMILES string of the molecule is CCCn1cc(CNc2ccccc2[N+](=O)[O-])cn1. The number of hydrogen-bond donors (Lipinski definition) is 1. The highest BCUT2D eigenvalue weighted by Gasteiger charge is 2.11. The zero-order valence-electron chi connectivity index (χ0n) is 10.7. The molecule has 0 bridgehead atoms. The number of anilines is 1. The maximum Gasteiger partial charge on any atom is 0.292 e. The van der Waals surface area contributed by atoms with Gasteiger partial charge in [-0.3, -0.25) is 14.8 Å². The summed E-state index contributed by atoms with van der Waals surface area (Å²) in [6.45, 7) is 3.49. The molecule has 0 aliphatic rings. The quantitative estimate of drug-likeness (QED) is 0.640. The number of nitrogens with zero attached hydrogens (tertiary/aromatic N) is 3. The molecule has 1 aromatic heterocycles. The van der Waals surface area contributed by atoms with Crippen molar-refractivity contribution in [2.24, 2.45) is 0 Å². The molecule has 1 N–H and O–H groups in total. The largest absolute Gasteiger partial charge is 0.375 e. The van der Waals surface area contributed by atoms with E-state index in [1.165, 1.54) is 6.07 Å². The van der Waals surface area contributed by atoms with Crippen molar-refractivity contribution in [1.29, 1.82) is 0 Å². The Morgan fingerprint density at radius 3 is 2.95 bits per heavy atom. The van der Waals surface area contributed by atoms with Gasteiger partial charge in [0, 0.05) is 30.9 Å². The van der Waals surface area contributed by atoms with Gasteiger partial charge in [-0.05, 0) is 12.5 Å². The van der Waals surface area contributed by atoms with E-state index in [2.05, 4.69) is 17.3 Å². The van der Waals surface area contributed by atoms with Crippen LogP contribution in [0.25, 0.3) is 0 Å². The molecule has 0 spiro atoms. The second-order valence-electron chi connectivity index (χ2n) is 4.24. The molecule has 19 heavy (non-hydrogen) atoms. The molecule has 1 heterocycles. The van der Waals surface area contributed by atoms with E-state index in [4.69, 9.17) is 0 Å². The highest BCUT2D eigenvalue weighted by molar-refractivity contribution is 5.61. The average Bonchev–Trinajstić information content (AvgIpc) is 2.85. The monoisotopic (exact) mass is 260 g/mol. The fraction of sp³-hybridized carbons (Fsp3) is 0.308. The third-order valence-electron chi connectivity index (χ3n) is 2.72. The average molecular weight is 260 g/mol. The Labute approximate surface area is 111 Å². The molecule has 2 rings (SSSR count). The van der Waals surface area contributed by atoms with Gasteiger partial charge < -0.3 is 5.32 Å². The molecule has 0 unspecified atom stereocenters. The molecule has 6 nitrogen and oxygen atoms in total. The molecule has 0 saturated heterocycles.